The highest BCUT2D eigenvalue weighted by Crippen LogP contribution is 2.31. The van der Waals surface area contributed by atoms with Crippen LogP contribution in [0.4, 0.5) is 13.2 Å². The number of nitrogens with two attached hydrogens (primary N) is 1. The van der Waals surface area contributed by atoms with Gasteiger partial charge in [0.1, 0.15) is 0 Å². The lowest BCUT2D eigenvalue weighted by Gasteiger charge is -2.08. The number of aromatic nitrogens is 1. The average molecular weight is 325 g/mol. The topological polar surface area (TPSA) is 38.9 Å². The van der Waals surface area contributed by atoms with E-state index in [4.69, 9.17) is 5.73 Å². The summed E-state index contributed by atoms with van der Waals surface area (Å²) in [6.07, 6.45) is -2.81. The average Bonchev–Trinajstić information content (AvgIpc) is 2.38. The molecule has 0 unspecified atom stereocenters. The maximum atomic E-state index is 12.6. The fraction of sp³-hybridized carbons (Fsp3) is 0.154. The largest absolute Gasteiger partial charge is 0.416 e. The van der Waals surface area contributed by atoms with Crippen LogP contribution in [0.15, 0.2) is 42.6 Å². The van der Waals surface area contributed by atoms with Crippen molar-refractivity contribution in [1.82, 2.24) is 4.98 Å². The summed E-state index contributed by atoms with van der Waals surface area (Å²) in [4.78, 5) is 4.06. The number of nitrogens with zero attached hydrogens (tertiary/aromatic N) is 1. The van der Waals surface area contributed by atoms with Gasteiger partial charge in [-0.3, -0.25) is 4.98 Å². The Morgan fingerprint density at radius 1 is 1.05 bits per heavy atom. The maximum absolute atomic E-state index is 12.6. The SMILES string of the molecule is Cl.Cl.NCc1ccnc(-c2cccc(C(F)(F)F)c2)c1. The van der Waals surface area contributed by atoms with Crippen molar-refractivity contribution >= 4 is 24.8 Å². The molecule has 1 heterocycles. The van der Waals surface area contributed by atoms with Gasteiger partial charge in [-0.15, -0.1) is 24.8 Å². The molecule has 0 aliphatic carbocycles. The van der Waals surface area contributed by atoms with Gasteiger partial charge in [0, 0.05) is 18.3 Å². The zero-order valence-electron chi connectivity index (χ0n) is 10.2. The van der Waals surface area contributed by atoms with Crippen LogP contribution in [0.2, 0.25) is 0 Å². The van der Waals surface area contributed by atoms with Crippen LogP contribution in [0.5, 0.6) is 0 Å². The molecule has 0 aliphatic heterocycles. The minimum Gasteiger partial charge on any atom is -0.326 e. The first-order valence-electron chi connectivity index (χ1n) is 5.33. The van der Waals surface area contributed by atoms with Gasteiger partial charge >= 0.3 is 6.18 Å². The van der Waals surface area contributed by atoms with Crippen molar-refractivity contribution in [3.63, 3.8) is 0 Å². The van der Waals surface area contributed by atoms with E-state index in [-0.39, 0.29) is 24.8 Å². The van der Waals surface area contributed by atoms with E-state index in [1.54, 1.807) is 18.2 Å². The molecule has 0 saturated heterocycles. The van der Waals surface area contributed by atoms with E-state index in [9.17, 15) is 13.2 Å². The highest BCUT2D eigenvalue weighted by atomic mass is 35.5. The van der Waals surface area contributed by atoms with E-state index in [1.165, 1.54) is 12.3 Å². The van der Waals surface area contributed by atoms with Crippen molar-refractivity contribution in [2.75, 3.05) is 0 Å². The standard InChI is InChI=1S/C13H11F3N2.2ClH/c14-13(15,16)11-3-1-2-10(7-11)12-6-9(8-17)4-5-18-12;;/h1-7H,8,17H2;2*1H. The van der Waals surface area contributed by atoms with Crippen molar-refractivity contribution in [2.24, 2.45) is 5.73 Å². The molecule has 2 rings (SSSR count). The van der Waals surface area contributed by atoms with Crippen LogP contribution in [0.25, 0.3) is 11.3 Å². The molecule has 0 saturated carbocycles. The molecule has 0 atom stereocenters. The second-order valence-corrected chi connectivity index (χ2v) is 3.83. The number of rotatable bonds is 2. The Morgan fingerprint density at radius 3 is 2.35 bits per heavy atom. The number of hydrogen-bond donors (Lipinski definition) is 1. The molecule has 1 aromatic heterocycles. The molecule has 0 bridgehead atoms. The molecule has 0 amide bonds. The van der Waals surface area contributed by atoms with Crippen LogP contribution in [0, 0.1) is 0 Å². The van der Waals surface area contributed by atoms with E-state index >= 15 is 0 Å². The molecule has 1 aromatic carbocycles. The Bertz CT molecular complexity index is 559. The van der Waals surface area contributed by atoms with E-state index in [2.05, 4.69) is 4.98 Å². The van der Waals surface area contributed by atoms with Crippen molar-refractivity contribution in [3.05, 3.63) is 53.7 Å². The minimum atomic E-state index is -4.35. The van der Waals surface area contributed by atoms with Crippen LogP contribution in [0.3, 0.4) is 0 Å². The van der Waals surface area contributed by atoms with Crippen molar-refractivity contribution in [1.29, 1.82) is 0 Å². The van der Waals surface area contributed by atoms with Gasteiger partial charge in [0.15, 0.2) is 0 Å². The molecule has 2 N–H and O–H groups in total. The maximum Gasteiger partial charge on any atom is 0.416 e. The number of hydrogen-bond acceptors (Lipinski definition) is 2. The third kappa shape index (κ3) is 4.37. The van der Waals surface area contributed by atoms with Gasteiger partial charge in [-0.2, -0.15) is 13.2 Å². The van der Waals surface area contributed by atoms with Crippen LogP contribution in [-0.4, -0.2) is 4.98 Å². The first-order valence-corrected chi connectivity index (χ1v) is 5.33. The zero-order valence-corrected chi connectivity index (χ0v) is 11.9. The van der Waals surface area contributed by atoms with Gasteiger partial charge in [0.05, 0.1) is 11.3 Å². The molecule has 110 valence electrons. The third-order valence-electron chi connectivity index (χ3n) is 2.55. The van der Waals surface area contributed by atoms with Gasteiger partial charge in [-0.05, 0) is 29.8 Å². The van der Waals surface area contributed by atoms with Crippen LogP contribution in [0.1, 0.15) is 11.1 Å². The van der Waals surface area contributed by atoms with Gasteiger partial charge in [-0.25, -0.2) is 0 Å². The lowest BCUT2D eigenvalue weighted by molar-refractivity contribution is -0.137. The van der Waals surface area contributed by atoms with E-state index in [1.807, 2.05) is 0 Å². The molecule has 2 aromatic rings. The summed E-state index contributed by atoms with van der Waals surface area (Å²) in [5, 5.41) is 0. The van der Waals surface area contributed by atoms with Gasteiger partial charge < -0.3 is 5.73 Å². The number of pyridine rings is 1. The smallest absolute Gasteiger partial charge is 0.326 e. The van der Waals surface area contributed by atoms with E-state index in [0.717, 1.165) is 17.7 Å². The first kappa shape index (κ1) is 18.7. The summed E-state index contributed by atoms with van der Waals surface area (Å²) in [7, 11) is 0. The summed E-state index contributed by atoms with van der Waals surface area (Å²) in [6, 6.07) is 8.51. The lowest BCUT2D eigenvalue weighted by Crippen LogP contribution is -2.04. The molecule has 20 heavy (non-hydrogen) atoms. The summed E-state index contributed by atoms with van der Waals surface area (Å²) in [5.41, 5.74) is 6.56. The van der Waals surface area contributed by atoms with Crippen LogP contribution < -0.4 is 5.73 Å². The van der Waals surface area contributed by atoms with Gasteiger partial charge in [-0.1, -0.05) is 12.1 Å². The molecular weight excluding hydrogens is 312 g/mol. The van der Waals surface area contributed by atoms with Crippen molar-refractivity contribution < 1.29 is 13.2 Å². The van der Waals surface area contributed by atoms with E-state index < -0.39 is 11.7 Å². The van der Waals surface area contributed by atoms with Gasteiger partial charge in [0.2, 0.25) is 0 Å². The highest BCUT2D eigenvalue weighted by molar-refractivity contribution is 5.85. The minimum absolute atomic E-state index is 0. The van der Waals surface area contributed by atoms with E-state index in [0.29, 0.717) is 17.8 Å². The molecule has 0 radical (unpaired) electrons. The summed E-state index contributed by atoms with van der Waals surface area (Å²) < 4.78 is 37.8. The summed E-state index contributed by atoms with van der Waals surface area (Å²) in [5.74, 6) is 0. The Morgan fingerprint density at radius 2 is 1.75 bits per heavy atom. The predicted molar refractivity (Wildman–Crippen MR) is 77.1 cm³/mol. The quantitative estimate of drug-likeness (QED) is 0.904. The lowest BCUT2D eigenvalue weighted by atomic mass is 10.1. The fourth-order valence-electron chi connectivity index (χ4n) is 1.61. The number of benzene rings is 1. The van der Waals surface area contributed by atoms with Crippen LogP contribution in [-0.2, 0) is 12.7 Å². The molecule has 0 aliphatic rings. The molecule has 7 heteroatoms. The summed E-state index contributed by atoms with van der Waals surface area (Å²) >= 11 is 0. The Kier molecular flexibility index (Phi) is 6.99. The van der Waals surface area contributed by atoms with Crippen molar-refractivity contribution in [3.8, 4) is 11.3 Å². The Hall–Kier alpha value is -1.30. The second-order valence-electron chi connectivity index (χ2n) is 3.83. The monoisotopic (exact) mass is 324 g/mol. The second kappa shape index (κ2) is 7.47. The predicted octanol–water partition coefficient (Wildman–Crippen LogP) is 4.07. The van der Waals surface area contributed by atoms with Crippen molar-refractivity contribution in [2.45, 2.75) is 12.7 Å². The zero-order chi connectivity index (χ0) is 13.2. The highest BCUT2D eigenvalue weighted by Gasteiger charge is 2.30. The number of alkyl halides is 3. The fourth-order valence-corrected chi connectivity index (χ4v) is 1.61. The first-order chi connectivity index (χ1) is 8.50. The van der Waals surface area contributed by atoms with Gasteiger partial charge in [0.25, 0.3) is 0 Å². The molecule has 2 nitrogen and oxygen atoms in total. The number of halogens is 5. The normalized spacial score (nSPS) is 10.4. The Balaban J connectivity index is 0.00000180. The molecule has 0 fully saturated rings. The third-order valence-corrected chi connectivity index (χ3v) is 2.55. The Labute approximate surface area is 127 Å². The molecule has 0 spiro atoms. The van der Waals surface area contributed by atoms with Crippen LogP contribution >= 0.6 is 24.8 Å². The molecular formula is C13H13Cl2F3N2. The summed E-state index contributed by atoms with van der Waals surface area (Å²) in [6.45, 7) is 0.328.